The number of aromatic amines is 1. The number of rotatable bonds is 3. The number of nitrogens with one attached hydrogen (secondary N) is 1. The molecule has 0 fully saturated rings. The van der Waals surface area contributed by atoms with Crippen molar-refractivity contribution in [2.24, 2.45) is 0 Å². The second-order valence-corrected chi connectivity index (χ2v) is 8.74. The van der Waals surface area contributed by atoms with Gasteiger partial charge in [0.15, 0.2) is 5.82 Å². The van der Waals surface area contributed by atoms with E-state index in [-0.39, 0.29) is 23.9 Å². The molecule has 1 aliphatic rings. The molecule has 166 valence electrons. The summed E-state index contributed by atoms with van der Waals surface area (Å²) in [6.07, 6.45) is 0.588. The molecule has 1 aromatic heterocycles. The Bertz CT molecular complexity index is 1310. The number of halogens is 1. The van der Waals surface area contributed by atoms with Gasteiger partial charge < -0.3 is 14.8 Å². The van der Waals surface area contributed by atoms with E-state index in [9.17, 15) is 9.59 Å². The van der Waals surface area contributed by atoms with E-state index in [1.54, 1.807) is 28.9 Å². The van der Waals surface area contributed by atoms with Crippen LogP contribution in [0, 0.1) is 0 Å². The monoisotopic (exact) mass is 458 g/mol. The fourth-order valence-electron chi connectivity index (χ4n) is 4.69. The Kier molecular flexibility index (Phi) is 5.38. The van der Waals surface area contributed by atoms with Crippen LogP contribution < -0.4 is 9.80 Å². The lowest BCUT2D eigenvalue weighted by molar-refractivity contribution is -0.117. The average molecular weight is 459 g/mol. The number of amides is 2. The topological polar surface area (TPSA) is 69.3 Å². The fraction of sp³-hybridized carbons (Fsp3) is 0.192. The van der Waals surface area contributed by atoms with E-state index in [4.69, 9.17) is 11.6 Å². The van der Waals surface area contributed by atoms with Gasteiger partial charge in [-0.15, -0.1) is 0 Å². The summed E-state index contributed by atoms with van der Waals surface area (Å²) >= 11 is 6.07. The Morgan fingerprint density at radius 2 is 1.73 bits per heavy atom. The lowest BCUT2D eigenvalue weighted by Gasteiger charge is -2.43. The average Bonchev–Trinajstić information content (AvgIpc) is 3.24. The zero-order valence-electron chi connectivity index (χ0n) is 18.3. The van der Waals surface area contributed by atoms with Crippen LogP contribution in [0.4, 0.5) is 11.4 Å². The van der Waals surface area contributed by atoms with Crippen molar-refractivity contribution in [2.75, 3.05) is 9.80 Å². The highest BCUT2D eigenvalue weighted by atomic mass is 35.5. The molecule has 4 aromatic rings. The Morgan fingerprint density at radius 3 is 2.45 bits per heavy atom. The standard InChI is InChI=1S/C26H23ClN4O2/c1-16-15-24(31(17(2)32)19-13-11-18(27)12-14-19)20-7-3-6-10-23(20)30(16)26(33)25-28-21-8-4-5-9-22(21)29-25/h3-14,16,24H,15H2,1-2H3,(H,28,29)/t16-,24+/m0/s1. The summed E-state index contributed by atoms with van der Waals surface area (Å²) in [7, 11) is 0. The first kappa shape index (κ1) is 21.2. The number of para-hydroxylation sites is 3. The minimum atomic E-state index is -0.213. The van der Waals surface area contributed by atoms with Gasteiger partial charge in [-0.25, -0.2) is 4.98 Å². The molecule has 0 bridgehead atoms. The van der Waals surface area contributed by atoms with E-state index in [1.807, 2.05) is 67.6 Å². The second kappa shape index (κ2) is 8.37. The zero-order chi connectivity index (χ0) is 23.1. The minimum Gasteiger partial charge on any atom is -0.334 e. The summed E-state index contributed by atoms with van der Waals surface area (Å²) in [5.74, 6) is 0.0456. The molecule has 1 N–H and O–H groups in total. The number of hydrogen-bond acceptors (Lipinski definition) is 3. The smallest absolute Gasteiger partial charge is 0.294 e. The van der Waals surface area contributed by atoms with Crippen LogP contribution in [0.15, 0.2) is 72.8 Å². The number of aromatic nitrogens is 2. The van der Waals surface area contributed by atoms with E-state index in [2.05, 4.69) is 9.97 Å². The Morgan fingerprint density at radius 1 is 1.03 bits per heavy atom. The maximum Gasteiger partial charge on any atom is 0.294 e. The third kappa shape index (κ3) is 3.76. The van der Waals surface area contributed by atoms with Gasteiger partial charge >= 0.3 is 0 Å². The molecule has 6 nitrogen and oxygen atoms in total. The van der Waals surface area contributed by atoms with E-state index in [1.165, 1.54) is 0 Å². The number of benzene rings is 3. The Hall–Kier alpha value is -3.64. The molecule has 1 aliphatic heterocycles. The van der Waals surface area contributed by atoms with Crippen molar-refractivity contribution in [1.82, 2.24) is 9.97 Å². The first-order chi connectivity index (χ1) is 15.9. The molecular formula is C26H23ClN4O2. The molecule has 2 amide bonds. The van der Waals surface area contributed by atoms with E-state index >= 15 is 0 Å². The molecule has 3 aromatic carbocycles. The van der Waals surface area contributed by atoms with Crippen LogP contribution in [0.3, 0.4) is 0 Å². The number of H-pyrrole nitrogens is 1. The van der Waals surface area contributed by atoms with Crippen LogP contribution in [0.25, 0.3) is 11.0 Å². The predicted molar refractivity (Wildman–Crippen MR) is 131 cm³/mol. The number of imidazole rings is 1. The minimum absolute atomic E-state index is 0.0682. The molecule has 0 saturated heterocycles. The quantitative estimate of drug-likeness (QED) is 0.425. The SMILES string of the molecule is CC(=O)N(c1ccc(Cl)cc1)[C@@H]1C[C@H](C)N(C(=O)c2nc3ccccc3[nH]2)c2ccccc21. The van der Waals surface area contributed by atoms with Gasteiger partial charge in [-0.2, -0.15) is 0 Å². The number of nitrogens with zero attached hydrogens (tertiary/aromatic N) is 3. The molecular weight excluding hydrogens is 436 g/mol. The molecule has 0 spiro atoms. The van der Waals surface area contributed by atoms with Gasteiger partial charge in [-0.1, -0.05) is 41.9 Å². The normalized spacial score (nSPS) is 17.6. The molecule has 0 unspecified atom stereocenters. The van der Waals surface area contributed by atoms with Crippen molar-refractivity contribution in [1.29, 1.82) is 0 Å². The van der Waals surface area contributed by atoms with Crippen molar-refractivity contribution >= 4 is 45.8 Å². The Balaban J connectivity index is 1.57. The summed E-state index contributed by atoms with van der Waals surface area (Å²) in [5.41, 5.74) is 4.05. The van der Waals surface area contributed by atoms with E-state index < -0.39 is 0 Å². The third-order valence-electron chi connectivity index (χ3n) is 6.13. The van der Waals surface area contributed by atoms with Crippen LogP contribution in [0.5, 0.6) is 0 Å². The van der Waals surface area contributed by atoms with Crippen molar-refractivity contribution in [3.63, 3.8) is 0 Å². The van der Waals surface area contributed by atoms with Gasteiger partial charge in [0.05, 0.1) is 17.1 Å². The van der Waals surface area contributed by atoms with Crippen molar-refractivity contribution in [3.8, 4) is 0 Å². The summed E-state index contributed by atoms with van der Waals surface area (Å²) in [5, 5.41) is 0.613. The molecule has 2 heterocycles. The van der Waals surface area contributed by atoms with Gasteiger partial charge in [0.1, 0.15) is 0 Å². The Labute approximate surface area is 196 Å². The van der Waals surface area contributed by atoms with Crippen LogP contribution in [0.1, 0.15) is 42.5 Å². The van der Waals surface area contributed by atoms with Crippen LogP contribution in [-0.4, -0.2) is 27.8 Å². The highest BCUT2D eigenvalue weighted by Crippen LogP contribution is 2.42. The highest BCUT2D eigenvalue weighted by molar-refractivity contribution is 6.30. The molecule has 0 aliphatic carbocycles. The molecule has 33 heavy (non-hydrogen) atoms. The number of hydrogen-bond donors (Lipinski definition) is 1. The summed E-state index contributed by atoms with van der Waals surface area (Å²) < 4.78 is 0. The van der Waals surface area contributed by atoms with Crippen LogP contribution in [0.2, 0.25) is 5.02 Å². The van der Waals surface area contributed by atoms with E-state index in [0.29, 0.717) is 17.3 Å². The summed E-state index contributed by atoms with van der Waals surface area (Å²) in [6.45, 7) is 3.57. The fourth-order valence-corrected chi connectivity index (χ4v) is 4.81. The van der Waals surface area contributed by atoms with Gasteiger partial charge in [0.25, 0.3) is 5.91 Å². The summed E-state index contributed by atoms with van der Waals surface area (Å²) in [6, 6.07) is 22.2. The van der Waals surface area contributed by atoms with Gasteiger partial charge in [0, 0.05) is 29.4 Å². The maximum absolute atomic E-state index is 13.6. The lowest BCUT2D eigenvalue weighted by Crippen LogP contribution is -2.47. The number of carbonyl (C=O) groups is 2. The van der Waals surface area contributed by atoms with Crippen molar-refractivity contribution < 1.29 is 9.59 Å². The van der Waals surface area contributed by atoms with Gasteiger partial charge in [-0.05, 0) is 61.4 Å². The summed E-state index contributed by atoms with van der Waals surface area (Å²) in [4.78, 5) is 37.6. The number of carbonyl (C=O) groups excluding carboxylic acids is 2. The lowest BCUT2D eigenvalue weighted by atomic mass is 9.89. The first-order valence-electron chi connectivity index (χ1n) is 10.9. The first-order valence-corrected chi connectivity index (χ1v) is 11.2. The van der Waals surface area contributed by atoms with Crippen LogP contribution >= 0.6 is 11.6 Å². The van der Waals surface area contributed by atoms with Crippen molar-refractivity contribution in [3.05, 3.63) is 89.2 Å². The maximum atomic E-state index is 13.6. The second-order valence-electron chi connectivity index (χ2n) is 8.30. The predicted octanol–water partition coefficient (Wildman–Crippen LogP) is 5.75. The zero-order valence-corrected chi connectivity index (χ0v) is 19.1. The van der Waals surface area contributed by atoms with Crippen molar-refractivity contribution in [2.45, 2.75) is 32.4 Å². The highest BCUT2D eigenvalue weighted by Gasteiger charge is 2.38. The molecule has 0 saturated carbocycles. The van der Waals surface area contributed by atoms with Gasteiger partial charge in [0.2, 0.25) is 5.91 Å². The van der Waals surface area contributed by atoms with E-state index in [0.717, 1.165) is 28.0 Å². The molecule has 0 radical (unpaired) electrons. The molecule has 7 heteroatoms. The number of fused-ring (bicyclic) bond motifs is 2. The third-order valence-corrected chi connectivity index (χ3v) is 6.38. The van der Waals surface area contributed by atoms with Gasteiger partial charge in [-0.3, -0.25) is 9.59 Å². The molecule has 2 atom stereocenters. The number of anilines is 2. The largest absolute Gasteiger partial charge is 0.334 e. The van der Waals surface area contributed by atoms with Crippen LogP contribution in [-0.2, 0) is 4.79 Å². The molecule has 5 rings (SSSR count).